The number of aliphatic hydroxyl groups is 1. The second-order valence-electron chi connectivity index (χ2n) is 1.61. The van der Waals surface area contributed by atoms with E-state index in [0.717, 1.165) is 0 Å². The molecule has 1 atom stereocenters. The van der Waals surface area contributed by atoms with Gasteiger partial charge in [0.2, 0.25) is 0 Å². The van der Waals surface area contributed by atoms with E-state index in [0.29, 0.717) is 0 Å². The van der Waals surface area contributed by atoms with Crippen LogP contribution in [-0.4, -0.2) is 22.4 Å². The zero-order chi connectivity index (χ0) is 7.28. The van der Waals surface area contributed by atoms with Gasteiger partial charge in [0.25, 0.3) is 0 Å². The monoisotopic (exact) mass is 134 g/mol. The molecule has 0 aromatic rings. The molecule has 0 aromatic carbocycles. The molecule has 5 heteroatoms. The molecule has 5 N–H and O–H groups in total. The number of carboxylic acid groups (broad SMARTS) is 1. The molecule has 0 amide bonds. The lowest BCUT2D eigenvalue weighted by Gasteiger charge is -2.04. The van der Waals surface area contributed by atoms with Crippen molar-refractivity contribution in [2.75, 3.05) is 0 Å². The number of aliphatic carboxylic acids is 1. The van der Waals surface area contributed by atoms with Gasteiger partial charge >= 0.3 is 5.97 Å². The molecule has 0 saturated heterocycles. The largest absolute Gasteiger partial charge is 0.481 e. The summed E-state index contributed by atoms with van der Waals surface area (Å²) in [6, 6.07) is 0. The van der Waals surface area contributed by atoms with Crippen molar-refractivity contribution in [2.45, 2.75) is 19.1 Å². The van der Waals surface area contributed by atoms with Crippen LogP contribution in [0.15, 0.2) is 0 Å². The summed E-state index contributed by atoms with van der Waals surface area (Å²) in [5, 5.41) is 16.7. The van der Waals surface area contributed by atoms with Crippen LogP contribution in [0.25, 0.3) is 0 Å². The molecule has 0 fully saturated rings. The first-order chi connectivity index (χ1) is 4.16. The van der Waals surface area contributed by atoms with Crippen LogP contribution < -0.4 is 11.3 Å². The van der Waals surface area contributed by atoms with Gasteiger partial charge in [-0.3, -0.25) is 10.6 Å². The lowest BCUT2D eigenvalue weighted by Crippen LogP contribution is -2.34. The Morgan fingerprint density at radius 1 is 1.78 bits per heavy atom. The smallest absolute Gasteiger partial charge is 0.303 e. The van der Waals surface area contributed by atoms with Crippen LogP contribution >= 0.6 is 0 Å². The summed E-state index contributed by atoms with van der Waals surface area (Å²) >= 11 is 0. The number of hydrogen-bond donors (Lipinski definition) is 4. The number of carbonyl (C=O) groups is 1. The van der Waals surface area contributed by atoms with Gasteiger partial charge in [-0.15, -0.1) is 0 Å². The van der Waals surface area contributed by atoms with E-state index in [4.69, 9.17) is 16.1 Å². The van der Waals surface area contributed by atoms with Crippen molar-refractivity contribution in [2.24, 2.45) is 5.84 Å². The summed E-state index contributed by atoms with van der Waals surface area (Å²) in [6.45, 7) is 0. The predicted molar refractivity (Wildman–Crippen MR) is 30.2 cm³/mol. The topological polar surface area (TPSA) is 95.6 Å². The van der Waals surface area contributed by atoms with Crippen LogP contribution in [0.3, 0.4) is 0 Å². The Balaban J connectivity index is 3.16. The molecule has 0 aromatic heterocycles. The standard InChI is InChI=1S/C4H10N2O3/c5-6-3(7)1-2-4(8)9/h3,6-7H,1-2,5H2,(H,8,9). The highest BCUT2D eigenvalue weighted by atomic mass is 16.4. The molecule has 54 valence electrons. The number of hydrogen-bond acceptors (Lipinski definition) is 4. The fourth-order valence-corrected chi connectivity index (χ4v) is 0.344. The molecule has 0 saturated carbocycles. The van der Waals surface area contributed by atoms with Crippen molar-refractivity contribution in [3.05, 3.63) is 0 Å². The van der Waals surface area contributed by atoms with Gasteiger partial charge in [-0.2, -0.15) is 0 Å². The number of aliphatic hydroxyl groups excluding tert-OH is 1. The summed E-state index contributed by atoms with van der Waals surface area (Å²) in [6.07, 6.45) is -0.863. The van der Waals surface area contributed by atoms with Gasteiger partial charge in [-0.05, 0) is 6.42 Å². The van der Waals surface area contributed by atoms with Crippen LogP contribution in [0.5, 0.6) is 0 Å². The minimum atomic E-state index is -0.940. The molecule has 0 bridgehead atoms. The van der Waals surface area contributed by atoms with Gasteiger partial charge in [-0.25, -0.2) is 5.43 Å². The molecule has 5 nitrogen and oxygen atoms in total. The molecular formula is C4H10N2O3. The lowest BCUT2D eigenvalue weighted by molar-refractivity contribution is -0.137. The third-order valence-electron chi connectivity index (χ3n) is 0.824. The second-order valence-corrected chi connectivity index (χ2v) is 1.61. The van der Waals surface area contributed by atoms with E-state index in [2.05, 4.69) is 0 Å². The Morgan fingerprint density at radius 3 is 2.67 bits per heavy atom. The van der Waals surface area contributed by atoms with E-state index >= 15 is 0 Å². The molecule has 0 aliphatic heterocycles. The zero-order valence-corrected chi connectivity index (χ0v) is 4.87. The first kappa shape index (κ1) is 8.35. The van der Waals surface area contributed by atoms with E-state index in [9.17, 15) is 4.79 Å². The maximum absolute atomic E-state index is 9.84. The molecule has 0 aliphatic carbocycles. The molecule has 0 spiro atoms. The second kappa shape index (κ2) is 4.25. The number of nitrogens with one attached hydrogen (secondary N) is 1. The Hall–Kier alpha value is -0.650. The van der Waals surface area contributed by atoms with Crippen LogP contribution in [0.2, 0.25) is 0 Å². The van der Waals surface area contributed by atoms with Gasteiger partial charge in [0.1, 0.15) is 6.23 Å². The van der Waals surface area contributed by atoms with Crippen molar-refractivity contribution in [1.29, 1.82) is 0 Å². The molecule has 1 unspecified atom stereocenters. The van der Waals surface area contributed by atoms with Gasteiger partial charge in [-0.1, -0.05) is 0 Å². The maximum atomic E-state index is 9.84. The van der Waals surface area contributed by atoms with Gasteiger partial charge < -0.3 is 10.2 Å². The van der Waals surface area contributed by atoms with Crippen molar-refractivity contribution >= 4 is 5.97 Å². The summed E-state index contributed by atoms with van der Waals surface area (Å²) in [7, 11) is 0. The number of rotatable bonds is 4. The quantitative estimate of drug-likeness (QED) is 0.216. The Kier molecular flexibility index (Phi) is 3.94. The average molecular weight is 134 g/mol. The fourth-order valence-electron chi connectivity index (χ4n) is 0.344. The average Bonchev–Trinajstić information content (AvgIpc) is 1.83. The van der Waals surface area contributed by atoms with E-state index in [-0.39, 0.29) is 12.8 Å². The van der Waals surface area contributed by atoms with Crippen LogP contribution in [0.1, 0.15) is 12.8 Å². The highest BCUT2D eigenvalue weighted by molar-refractivity contribution is 5.66. The van der Waals surface area contributed by atoms with Gasteiger partial charge in [0.15, 0.2) is 0 Å². The fraction of sp³-hybridized carbons (Fsp3) is 0.750. The first-order valence-corrected chi connectivity index (χ1v) is 2.53. The summed E-state index contributed by atoms with van der Waals surface area (Å²) in [4.78, 5) is 9.84. The molecule has 9 heavy (non-hydrogen) atoms. The van der Waals surface area contributed by atoms with Gasteiger partial charge in [0.05, 0.1) is 0 Å². The van der Waals surface area contributed by atoms with E-state index in [1.54, 1.807) is 0 Å². The SMILES string of the molecule is NNC(O)CCC(=O)O. The lowest BCUT2D eigenvalue weighted by atomic mass is 10.3. The summed E-state index contributed by atoms with van der Waals surface area (Å²) in [5.74, 6) is 3.82. The highest BCUT2D eigenvalue weighted by Gasteiger charge is 2.02. The molecular weight excluding hydrogens is 124 g/mol. The minimum absolute atomic E-state index is 0.0780. The summed E-state index contributed by atoms with van der Waals surface area (Å²) < 4.78 is 0. The third-order valence-corrected chi connectivity index (χ3v) is 0.824. The Labute approximate surface area is 52.4 Å². The summed E-state index contributed by atoms with van der Waals surface area (Å²) in [5.41, 5.74) is 2.01. The van der Waals surface area contributed by atoms with Crippen LogP contribution in [0.4, 0.5) is 0 Å². The maximum Gasteiger partial charge on any atom is 0.303 e. The molecule has 0 aliphatic rings. The van der Waals surface area contributed by atoms with Crippen molar-refractivity contribution in [1.82, 2.24) is 5.43 Å². The van der Waals surface area contributed by atoms with E-state index < -0.39 is 12.2 Å². The zero-order valence-electron chi connectivity index (χ0n) is 4.87. The number of carboxylic acids is 1. The predicted octanol–water partition coefficient (Wildman–Crippen LogP) is -1.37. The van der Waals surface area contributed by atoms with E-state index in [1.165, 1.54) is 0 Å². The van der Waals surface area contributed by atoms with Gasteiger partial charge in [0, 0.05) is 6.42 Å². The Bertz CT molecular complexity index is 95.8. The number of nitrogens with two attached hydrogens (primary N) is 1. The molecule has 0 radical (unpaired) electrons. The minimum Gasteiger partial charge on any atom is -0.481 e. The number of hydrazine groups is 1. The van der Waals surface area contributed by atoms with E-state index in [1.807, 2.05) is 5.43 Å². The third kappa shape index (κ3) is 5.22. The molecule has 0 heterocycles. The van der Waals surface area contributed by atoms with Crippen molar-refractivity contribution < 1.29 is 15.0 Å². The normalized spacial score (nSPS) is 13.1. The van der Waals surface area contributed by atoms with Crippen LogP contribution in [-0.2, 0) is 4.79 Å². The highest BCUT2D eigenvalue weighted by Crippen LogP contribution is 1.90. The van der Waals surface area contributed by atoms with Crippen molar-refractivity contribution in [3.8, 4) is 0 Å². The van der Waals surface area contributed by atoms with Crippen LogP contribution in [0, 0.1) is 0 Å². The first-order valence-electron chi connectivity index (χ1n) is 2.53. The molecule has 0 rings (SSSR count). The Morgan fingerprint density at radius 2 is 2.33 bits per heavy atom. The van der Waals surface area contributed by atoms with Crippen molar-refractivity contribution in [3.63, 3.8) is 0 Å².